The molecule has 0 aromatic carbocycles. The Hall–Kier alpha value is -1.16. The molecule has 4 heteroatoms. The van der Waals surface area contributed by atoms with Crippen LogP contribution in [-0.2, 0) is 13.0 Å². The molecule has 1 aromatic heterocycles. The lowest BCUT2D eigenvalue weighted by molar-refractivity contribution is 0.607. The number of hydrogen-bond acceptors (Lipinski definition) is 4. The molecular weight excluding hydrogens is 200 g/mol. The van der Waals surface area contributed by atoms with Crippen LogP contribution in [0.25, 0.3) is 0 Å². The average molecular weight is 220 g/mol. The maximum absolute atomic E-state index is 4.67. The van der Waals surface area contributed by atoms with Crippen LogP contribution in [0.4, 0.5) is 5.95 Å². The normalized spacial score (nSPS) is 15.1. The molecule has 0 radical (unpaired) electrons. The summed E-state index contributed by atoms with van der Waals surface area (Å²) >= 11 is 0. The molecular formula is C12H20N4. The summed E-state index contributed by atoms with van der Waals surface area (Å²) in [5, 5.41) is 3.36. The molecule has 2 heterocycles. The van der Waals surface area contributed by atoms with Crippen LogP contribution < -0.4 is 10.2 Å². The highest BCUT2D eigenvalue weighted by Gasteiger charge is 2.19. The van der Waals surface area contributed by atoms with Crippen LogP contribution in [0.5, 0.6) is 0 Å². The number of anilines is 1. The molecule has 0 saturated carbocycles. The van der Waals surface area contributed by atoms with E-state index in [1.165, 1.54) is 17.0 Å². The molecule has 88 valence electrons. The lowest BCUT2D eigenvalue weighted by Crippen LogP contribution is -2.28. The van der Waals surface area contributed by atoms with Gasteiger partial charge < -0.3 is 10.2 Å². The van der Waals surface area contributed by atoms with Crippen LogP contribution in [0.15, 0.2) is 0 Å². The van der Waals surface area contributed by atoms with Gasteiger partial charge in [0.25, 0.3) is 0 Å². The van der Waals surface area contributed by atoms with E-state index < -0.39 is 0 Å². The van der Waals surface area contributed by atoms with E-state index in [0.29, 0.717) is 5.92 Å². The van der Waals surface area contributed by atoms with Crippen molar-refractivity contribution in [1.82, 2.24) is 15.3 Å². The Morgan fingerprint density at radius 2 is 2.00 bits per heavy atom. The number of hydrogen-bond donors (Lipinski definition) is 1. The molecule has 1 aromatic rings. The van der Waals surface area contributed by atoms with Gasteiger partial charge in [-0.05, 0) is 24.4 Å². The predicted octanol–water partition coefficient (Wildman–Crippen LogP) is 1.31. The van der Waals surface area contributed by atoms with E-state index in [2.05, 4.69) is 29.1 Å². The topological polar surface area (TPSA) is 41.1 Å². The first-order chi connectivity index (χ1) is 7.59. The first-order valence-corrected chi connectivity index (χ1v) is 5.87. The summed E-state index contributed by atoms with van der Waals surface area (Å²) in [5.41, 5.74) is 3.75. The first kappa shape index (κ1) is 11.3. The molecule has 0 spiro atoms. The van der Waals surface area contributed by atoms with Crippen molar-refractivity contribution in [2.24, 2.45) is 0 Å². The summed E-state index contributed by atoms with van der Waals surface area (Å²) in [7, 11) is 3.98. The maximum atomic E-state index is 4.67. The lowest BCUT2D eigenvalue weighted by atomic mass is 9.98. The van der Waals surface area contributed by atoms with Crippen LogP contribution in [0.3, 0.4) is 0 Å². The van der Waals surface area contributed by atoms with Gasteiger partial charge in [0.1, 0.15) is 0 Å². The van der Waals surface area contributed by atoms with Crippen LogP contribution in [0.2, 0.25) is 0 Å². The molecule has 0 amide bonds. The van der Waals surface area contributed by atoms with Gasteiger partial charge in [-0.1, -0.05) is 13.8 Å². The standard InChI is InChI=1S/C12H20N4/c1-8(2)11-9-5-6-13-7-10(9)14-12(15-11)16(3)4/h8,13H,5-7H2,1-4H3. The largest absolute Gasteiger partial charge is 0.347 e. The van der Waals surface area contributed by atoms with Crippen molar-refractivity contribution in [3.63, 3.8) is 0 Å². The predicted molar refractivity (Wildman–Crippen MR) is 65.9 cm³/mol. The second-order valence-electron chi connectivity index (χ2n) is 4.81. The van der Waals surface area contributed by atoms with Crippen molar-refractivity contribution in [2.75, 3.05) is 25.5 Å². The molecule has 1 N–H and O–H groups in total. The Labute approximate surface area is 97.1 Å². The van der Waals surface area contributed by atoms with Crippen molar-refractivity contribution >= 4 is 5.95 Å². The minimum atomic E-state index is 0.466. The first-order valence-electron chi connectivity index (χ1n) is 5.87. The van der Waals surface area contributed by atoms with Crippen molar-refractivity contribution < 1.29 is 0 Å². The van der Waals surface area contributed by atoms with E-state index >= 15 is 0 Å². The molecule has 0 atom stereocenters. The third kappa shape index (κ3) is 2.02. The fraction of sp³-hybridized carbons (Fsp3) is 0.667. The molecule has 4 nitrogen and oxygen atoms in total. The van der Waals surface area contributed by atoms with Crippen LogP contribution >= 0.6 is 0 Å². The lowest BCUT2D eigenvalue weighted by Gasteiger charge is -2.23. The van der Waals surface area contributed by atoms with E-state index in [9.17, 15) is 0 Å². The van der Waals surface area contributed by atoms with Crippen molar-refractivity contribution in [1.29, 1.82) is 0 Å². The zero-order chi connectivity index (χ0) is 11.7. The molecule has 0 saturated heterocycles. The Balaban J connectivity index is 2.52. The molecule has 0 bridgehead atoms. The molecule has 0 aliphatic carbocycles. The van der Waals surface area contributed by atoms with Crippen LogP contribution in [-0.4, -0.2) is 30.6 Å². The van der Waals surface area contributed by atoms with Crippen LogP contribution in [0.1, 0.15) is 36.7 Å². The smallest absolute Gasteiger partial charge is 0.225 e. The summed E-state index contributed by atoms with van der Waals surface area (Å²) in [6.07, 6.45) is 1.05. The summed E-state index contributed by atoms with van der Waals surface area (Å²) in [6.45, 7) is 6.31. The summed E-state index contributed by atoms with van der Waals surface area (Å²) < 4.78 is 0. The molecule has 1 aliphatic rings. The van der Waals surface area contributed by atoms with Crippen LogP contribution in [0, 0.1) is 0 Å². The monoisotopic (exact) mass is 220 g/mol. The Morgan fingerprint density at radius 1 is 1.25 bits per heavy atom. The SMILES string of the molecule is CC(C)c1nc(N(C)C)nc2c1CCNC2. The van der Waals surface area contributed by atoms with Crippen molar-refractivity contribution in [2.45, 2.75) is 32.7 Å². The molecule has 0 fully saturated rings. The molecule has 2 rings (SSSR count). The molecule has 0 unspecified atom stereocenters. The quantitative estimate of drug-likeness (QED) is 0.816. The number of rotatable bonds is 2. The average Bonchev–Trinajstić information content (AvgIpc) is 2.27. The molecule has 1 aliphatic heterocycles. The van der Waals surface area contributed by atoms with Crippen molar-refractivity contribution in [3.05, 3.63) is 17.0 Å². The van der Waals surface area contributed by atoms with Gasteiger partial charge in [-0.15, -0.1) is 0 Å². The highest BCUT2D eigenvalue weighted by molar-refractivity contribution is 5.38. The Bertz CT molecular complexity index is 385. The Kier molecular flexibility index (Phi) is 3.10. The third-order valence-electron chi connectivity index (χ3n) is 2.90. The van der Waals surface area contributed by atoms with Gasteiger partial charge in [0, 0.05) is 20.6 Å². The Morgan fingerprint density at radius 3 is 2.62 bits per heavy atom. The van der Waals surface area contributed by atoms with E-state index in [1.54, 1.807) is 0 Å². The zero-order valence-electron chi connectivity index (χ0n) is 10.5. The highest BCUT2D eigenvalue weighted by Crippen LogP contribution is 2.24. The second kappa shape index (κ2) is 4.37. The fourth-order valence-corrected chi connectivity index (χ4v) is 2.05. The molecule has 16 heavy (non-hydrogen) atoms. The van der Waals surface area contributed by atoms with Gasteiger partial charge in [-0.25, -0.2) is 9.97 Å². The zero-order valence-corrected chi connectivity index (χ0v) is 10.5. The summed E-state index contributed by atoms with van der Waals surface area (Å²) in [4.78, 5) is 11.3. The highest BCUT2D eigenvalue weighted by atomic mass is 15.2. The number of nitrogens with one attached hydrogen (secondary N) is 1. The van der Waals surface area contributed by atoms with Gasteiger partial charge in [-0.3, -0.25) is 0 Å². The van der Waals surface area contributed by atoms with E-state index in [0.717, 1.165) is 25.5 Å². The van der Waals surface area contributed by atoms with E-state index in [4.69, 9.17) is 0 Å². The van der Waals surface area contributed by atoms with Gasteiger partial charge >= 0.3 is 0 Å². The maximum Gasteiger partial charge on any atom is 0.225 e. The van der Waals surface area contributed by atoms with Crippen molar-refractivity contribution in [3.8, 4) is 0 Å². The summed E-state index contributed by atoms with van der Waals surface area (Å²) in [6, 6.07) is 0. The van der Waals surface area contributed by atoms with Gasteiger partial charge in [0.2, 0.25) is 5.95 Å². The van der Waals surface area contributed by atoms with Gasteiger partial charge in [0.05, 0.1) is 11.4 Å². The van der Waals surface area contributed by atoms with E-state index in [1.807, 2.05) is 19.0 Å². The minimum absolute atomic E-state index is 0.466. The minimum Gasteiger partial charge on any atom is -0.347 e. The number of fused-ring (bicyclic) bond motifs is 1. The summed E-state index contributed by atoms with van der Waals surface area (Å²) in [5.74, 6) is 1.29. The van der Waals surface area contributed by atoms with E-state index in [-0.39, 0.29) is 0 Å². The fourth-order valence-electron chi connectivity index (χ4n) is 2.05. The third-order valence-corrected chi connectivity index (χ3v) is 2.90. The second-order valence-corrected chi connectivity index (χ2v) is 4.81. The van der Waals surface area contributed by atoms with Gasteiger partial charge in [0.15, 0.2) is 0 Å². The number of nitrogens with zero attached hydrogens (tertiary/aromatic N) is 3. The van der Waals surface area contributed by atoms with Gasteiger partial charge in [-0.2, -0.15) is 0 Å². The number of aromatic nitrogens is 2.